The summed E-state index contributed by atoms with van der Waals surface area (Å²) >= 11 is 0. The first-order valence-electron chi connectivity index (χ1n) is 8.05. The van der Waals surface area contributed by atoms with E-state index in [9.17, 15) is 17.6 Å². The molecule has 0 fully saturated rings. The Morgan fingerprint density at radius 1 is 1.24 bits per heavy atom. The van der Waals surface area contributed by atoms with Gasteiger partial charge in [-0.15, -0.1) is 0 Å². The van der Waals surface area contributed by atoms with Crippen LogP contribution in [0.2, 0.25) is 0 Å². The SMILES string of the molecule is CCC(=O)N1c2ccc(S(=O)(=O)Nc3ccc(F)cc3)cc2C[C@H]1C. The quantitative estimate of drug-likeness (QED) is 0.907. The van der Waals surface area contributed by atoms with E-state index in [4.69, 9.17) is 0 Å². The summed E-state index contributed by atoms with van der Waals surface area (Å²) in [6.45, 7) is 3.75. The number of carbonyl (C=O) groups excluding carboxylic acids is 1. The molecule has 1 aliphatic rings. The zero-order valence-corrected chi connectivity index (χ0v) is 14.8. The predicted octanol–water partition coefficient (Wildman–Crippen LogP) is 3.31. The van der Waals surface area contributed by atoms with E-state index < -0.39 is 15.8 Å². The van der Waals surface area contributed by atoms with Gasteiger partial charge >= 0.3 is 0 Å². The van der Waals surface area contributed by atoms with Gasteiger partial charge in [0.1, 0.15) is 5.82 Å². The lowest BCUT2D eigenvalue weighted by molar-refractivity contribution is -0.118. The van der Waals surface area contributed by atoms with E-state index in [2.05, 4.69) is 4.72 Å². The van der Waals surface area contributed by atoms with Crippen molar-refractivity contribution in [2.24, 2.45) is 0 Å². The summed E-state index contributed by atoms with van der Waals surface area (Å²) in [5, 5.41) is 0. The van der Waals surface area contributed by atoms with E-state index >= 15 is 0 Å². The number of amides is 1. The first-order valence-corrected chi connectivity index (χ1v) is 9.53. The van der Waals surface area contributed by atoms with Crippen molar-refractivity contribution in [1.82, 2.24) is 0 Å². The number of nitrogens with zero attached hydrogens (tertiary/aromatic N) is 1. The molecule has 1 N–H and O–H groups in total. The van der Waals surface area contributed by atoms with Gasteiger partial charge in [-0.05, 0) is 61.4 Å². The fourth-order valence-electron chi connectivity index (χ4n) is 3.06. The average molecular weight is 362 g/mol. The molecule has 0 aliphatic carbocycles. The third kappa shape index (κ3) is 3.37. The largest absolute Gasteiger partial charge is 0.309 e. The van der Waals surface area contributed by atoms with Crippen LogP contribution in [0.5, 0.6) is 0 Å². The predicted molar refractivity (Wildman–Crippen MR) is 94.6 cm³/mol. The van der Waals surface area contributed by atoms with Gasteiger partial charge < -0.3 is 4.90 Å². The fraction of sp³-hybridized carbons (Fsp3) is 0.278. The van der Waals surface area contributed by atoms with Crippen LogP contribution in [0.4, 0.5) is 15.8 Å². The summed E-state index contributed by atoms with van der Waals surface area (Å²) in [6.07, 6.45) is 1.01. The van der Waals surface area contributed by atoms with Crippen molar-refractivity contribution in [2.75, 3.05) is 9.62 Å². The van der Waals surface area contributed by atoms with Crippen LogP contribution in [0.15, 0.2) is 47.4 Å². The highest BCUT2D eigenvalue weighted by Crippen LogP contribution is 2.34. The molecule has 0 aromatic heterocycles. The standard InChI is InChI=1S/C18H19FN2O3S/c1-3-18(22)21-12(2)10-13-11-16(8-9-17(13)21)25(23,24)20-15-6-4-14(19)5-7-15/h4-9,11-12,20H,3,10H2,1-2H3/t12-/m1/s1. The molecular weight excluding hydrogens is 343 g/mol. The number of nitrogens with one attached hydrogen (secondary N) is 1. The molecule has 3 rings (SSSR count). The van der Waals surface area contributed by atoms with E-state index in [1.807, 2.05) is 6.92 Å². The van der Waals surface area contributed by atoms with Gasteiger partial charge in [0.15, 0.2) is 0 Å². The van der Waals surface area contributed by atoms with Gasteiger partial charge in [-0.1, -0.05) is 6.92 Å². The smallest absolute Gasteiger partial charge is 0.261 e. The third-order valence-corrected chi connectivity index (χ3v) is 5.62. The Hall–Kier alpha value is -2.41. The van der Waals surface area contributed by atoms with Gasteiger partial charge in [-0.2, -0.15) is 0 Å². The number of carbonyl (C=O) groups is 1. The van der Waals surface area contributed by atoms with Crippen molar-refractivity contribution in [3.05, 3.63) is 53.8 Å². The number of halogens is 1. The molecule has 0 saturated carbocycles. The highest BCUT2D eigenvalue weighted by atomic mass is 32.2. The monoisotopic (exact) mass is 362 g/mol. The van der Waals surface area contributed by atoms with Crippen molar-refractivity contribution in [3.63, 3.8) is 0 Å². The molecule has 0 spiro atoms. The van der Waals surface area contributed by atoms with Crippen molar-refractivity contribution >= 4 is 27.3 Å². The molecule has 0 bridgehead atoms. The summed E-state index contributed by atoms with van der Waals surface area (Å²) < 4.78 is 40.5. The minimum absolute atomic E-state index is 0.00506. The summed E-state index contributed by atoms with van der Waals surface area (Å²) in [5.74, 6) is -0.415. The van der Waals surface area contributed by atoms with Crippen molar-refractivity contribution in [3.8, 4) is 0 Å². The highest BCUT2D eigenvalue weighted by Gasteiger charge is 2.31. The molecule has 132 valence electrons. The number of anilines is 2. The van der Waals surface area contributed by atoms with Crippen molar-refractivity contribution in [1.29, 1.82) is 0 Å². The Bertz CT molecular complexity index is 910. The molecule has 5 nitrogen and oxygen atoms in total. The van der Waals surface area contributed by atoms with Crippen LogP contribution in [-0.4, -0.2) is 20.4 Å². The van der Waals surface area contributed by atoms with E-state index in [-0.39, 0.29) is 22.5 Å². The zero-order chi connectivity index (χ0) is 18.2. The molecule has 2 aromatic carbocycles. The summed E-state index contributed by atoms with van der Waals surface area (Å²) in [4.78, 5) is 13.9. The maximum absolute atomic E-state index is 13.0. The average Bonchev–Trinajstić information content (AvgIpc) is 2.91. The molecule has 1 aliphatic heterocycles. The second-order valence-corrected chi connectivity index (χ2v) is 7.76. The maximum Gasteiger partial charge on any atom is 0.261 e. The van der Waals surface area contributed by atoms with E-state index in [1.165, 1.54) is 30.3 Å². The van der Waals surface area contributed by atoms with Crippen LogP contribution in [0, 0.1) is 5.82 Å². The minimum atomic E-state index is -3.78. The lowest BCUT2D eigenvalue weighted by Crippen LogP contribution is -2.35. The molecular formula is C18H19FN2O3S. The van der Waals surface area contributed by atoms with Gasteiger partial charge in [-0.3, -0.25) is 9.52 Å². The van der Waals surface area contributed by atoms with E-state index in [1.54, 1.807) is 24.0 Å². The van der Waals surface area contributed by atoms with Crippen LogP contribution in [0.1, 0.15) is 25.8 Å². The number of fused-ring (bicyclic) bond motifs is 1. The summed E-state index contributed by atoms with van der Waals surface area (Å²) in [7, 11) is -3.78. The van der Waals surface area contributed by atoms with Crippen LogP contribution in [-0.2, 0) is 21.2 Å². The topological polar surface area (TPSA) is 66.5 Å². The molecule has 1 atom stereocenters. The van der Waals surface area contributed by atoms with Crippen LogP contribution < -0.4 is 9.62 Å². The zero-order valence-electron chi connectivity index (χ0n) is 14.0. The Labute approximate surface area is 146 Å². The Kier molecular flexibility index (Phi) is 4.51. The first kappa shape index (κ1) is 17.4. The molecule has 25 heavy (non-hydrogen) atoms. The minimum Gasteiger partial charge on any atom is -0.309 e. The number of benzene rings is 2. The van der Waals surface area contributed by atoms with Crippen LogP contribution in [0.3, 0.4) is 0 Å². The Morgan fingerprint density at radius 3 is 2.56 bits per heavy atom. The second kappa shape index (κ2) is 6.48. The molecule has 0 unspecified atom stereocenters. The van der Waals surface area contributed by atoms with Gasteiger partial charge in [0.25, 0.3) is 10.0 Å². The molecule has 1 amide bonds. The lowest BCUT2D eigenvalue weighted by atomic mass is 10.1. The molecule has 0 saturated heterocycles. The van der Waals surface area contributed by atoms with E-state index in [0.717, 1.165) is 11.3 Å². The van der Waals surface area contributed by atoms with Gasteiger partial charge in [0, 0.05) is 23.8 Å². The van der Waals surface area contributed by atoms with E-state index in [0.29, 0.717) is 12.8 Å². The van der Waals surface area contributed by atoms with Crippen molar-refractivity contribution < 1.29 is 17.6 Å². The molecule has 0 radical (unpaired) electrons. The van der Waals surface area contributed by atoms with Gasteiger partial charge in [-0.25, -0.2) is 12.8 Å². The highest BCUT2D eigenvalue weighted by molar-refractivity contribution is 7.92. The molecule has 7 heteroatoms. The van der Waals surface area contributed by atoms with Gasteiger partial charge in [0.05, 0.1) is 4.90 Å². The van der Waals surface area contributed by atoms with Crippen LogP contribution >= 0.6 is 0 Å². The van der Waals surface area contributed by atoms with Crippen LogP contribution in [0.25, 0.3) is 0 Å². The Balaban J connectivity index is 1.90. The summed E-state index contributed by atoms with van der Waals surface area (Å²) in [5.41, 5.74) is 1.88. The maximum atomic E-state index is 13.0. The summed E-state index contributed by atoms with van der Waals surface area (Å²) in [6, 6.07) is 9.87. The fourth-order valence-corrected chi connectivity index (χ4v) is 4.17. The second-order valence-electron chi connectivity index (χ2n) is 6.07. The normalized spacial score (nSPS) is 16.6. The number of sulfonamides is 1. The first-order chi connectivity index (χ1) is 11.8. The lowest BCUT2D eigenvalue weighted by Gasteiger charge is -2.22. The Morgan fingerprint density at radius 2 is 1.92 bits per heavy atom. The molecule has 2 aromatic rings. The molecule has 1 heterocycles. The number of hydrogen-bond acceptors (Lipinski definition) is 3. The van der Waals surface area contributed by atoms with Crippen molar-refractivity contribution in [2.45, 2.75) is 37.6 Å². The van der Waals surface area contributed by atoms with Gasteiger partial charge in [0.2, 0.25) is 5.91 Å². The number of hydrogen-bond donors (Lipinski definition) is 1. The third-order valence-electron chi connectivity index (χ3n) is 4.24. The number of rotatable bonds is 4.